The molecule has 3 heteroatoms. The van der Waals surface area contributed by atoms with Gasteiger partial charge in [0.25, 0.3) is 0 Å². The first-order valence-corrected chi connectivity index (χ1v) is 9.31. The number of aromatic nitrogens is 1. The minimum Gasteiger partial charge on any atom is -0.309 e. The van der Waals surface area contributed by atoms with Crippen molar-refractivity contribution < 1.29 is 0 Å². The lowest BCUT2D eigenvalue weighted by atomic mass is 9.88. The van der Waals surface area contributed by atoms with Crippen molar-refractivity contribution >= 4 is 53.7 Å². The van der Waals surface area contributed by atoms with Gasteiger partial charge in [-0.25, -0.2) is 0 Å². The third-order valence-corrected chi connectivity index (χ3v) is 5.79. The third-order valence-electron chi connectivity index (χ3n) is 4.80. The van der Waals surface area contributed by atoms with E-state index >= 15 is 0 Å². The van der Waals surface area contributed by atoms with Gasteiger partial charge in [-0.3, -0.25) is 0 Å². The van der Waals surface area contributed by atoms with Gasteiger partial charge in [-0.15, -0.1) is 0 Å². The lowest BCUT2D eigenvalue weighted by Crippen LogP contribution is -2.09. The molecular weight excluding hydrogens is 414 g/mol. The Hall–Kier alpha value is -1.58. The molecule has 1 aromatic heterocycles. The molecule has 1 nitrogen and oxygen atoms in total. The van der Waals surface area contributed by atoms with Crippen molar-refractivity contribution in [3.05, 3.63) is 74.7 Å². The van der Waals surface area contributed by atoms with E-state index in [2.05, 4.69) is 91.0 Å². The second-order valence-corrected chi connectivity index (χ2v) is 7.94. The Kier molecular flexibility index (Phi) is 2.98. The van der Waals surface area contributed by atoms with Gasteiger partial charge < -0.3 is 4.57 Å². The van der Waals surface area contributed by atoms with Crippen LogP contribution in [0.25, 0.3) is 27.5 Å². The predicted octanol–water partition coefficient (Wildman–Crippen LogP) is 6.41. The van der Waals surface area contributed by atoms with E-state index in [9.17, 15) is 0 Å². The van der Waals surface area contributed by atoms with E-state index in [4.69, 9.17) is 0 Å². The van der Waals surface area contributed by atoms with Gasteiger partial charge in [0.1, 0.15) is 0 Å². The Morgan fingerprint density at radius 2 is 1.26 bits per heavy atom. The average Bonchev–Trinajstić information content (AvgIpc) is 2.82. The predicted molar refractivity (Wildman–Crippen MR) is 104 cm³/mol. The van der Waals surface area contributed by atoms with Gasteiger partial charge in [0.05, 0.1) is 11.0 Å². The molecule has 0 aliphatic heterocycles. The van der Waals surface area contributed by atoms with Crippen molar-refractivity contribution in [2.75, 3.05) is 0 Å². The largest absolute Gasteiger partial charge is 0.309 e. The summed E-state index contributed by atoms with van der Waals surface area (Å²) < 4.78 is 4.60. The van der Waals surface area contributed by atoms with Gasteiger partial charge in [0, 0.05) is 25.4 Å². The fourth-order valence-electron chi connectivity index (χ4n) is 3.57. The molecule has 1 heterocycles. The van der Waals surface area contributed by atoms with Crippen LogP contribution in [0.2, 0.25) is 0 Å². The SMILES string of the molecule is Brc1ccc2c(c1)c1cc(Br)ccc1n2-c1ccc2c(c1)CC2. The van der Waals surface area contributed by atoms with E-state index < -0.39 is 0 Å². The maximum atomic E-state index is 3.61. The second-order valence-electron chi connectivity index (χ2n) is 6.11. The molecule has 0 N–H and O–H groups in total. The summed E-state index contributed by atoms with van der Waals surface area (Å²) in [5.74, 6) is 0. The Bertz CT molecular complexity index is 1030. The molecule has 23 heavy (non-hydrogen) atoms. The summed E-state index contributed by atoms with van der Waals surface area (Å²) in [5, 5.41) is 2.55. The highest BCUT2D eigenvalue weighted by atomic mass is 79.9. The number of halogens is 2. The number of fused-ring (bicyclic) bond motifs is 4. The Morgan fingerprint density at radius 3 is 1.78 bits per heavy atom. The van der Waals surface area contributed by atoms with Crippen LogP contribution >= 0.6 is 31.9 Å². The van der Waals surface area contributed by atoms with Crippen LogP contribution in [0.4, 0.5) is 0 Å². The van der Waals surface area contributed by atoms with Gasteiger partial charge in [-0.05, 0) is 72.5 Å². The summed E-state index contributed by atoms with van der Waals surface area (Å²) in [5.41, 5.74) is 6.75. The standard InChI is InChI=1S/C20H13Br2N/c21-14-4-7-19-17(10-14)18-11-15(22)5-8-20(18)23(19)16-6-3-12-1-2-13(12)9-16/h3-11H,1-2H2. The number of benzene rings is 3. The Morgan fingerprint density at radius 1 is 0.652 bits per heavy atom. The maximum Gasteiger partial charge on any atom is 0.0541 e. The topological polar surface area (TPSA) is 4.93 Å². The van der Waals surface area contributed by atoms with Crippen LogP contribution in [0.1, 0.15) is 11.1 Å². The van der Waals surface area contributed by atoms with Crippen molar-refractivity contribution in [3.63, 3.8) is 0 Å². The van der Waals surface area contributed by atoms with E-state index in [1.165, 1.54) is 51.5 Å². The third kappa shape index (κ3) is 2.03. The van der Waals surface area contributed by atoms with E-state index in [1.807, 2.05) is 0 Å². The van der Waals surface area contributed by atoms with Crippen molar-refractivity contribution in [2.24, 2.45) is 0 Å². The summed E-state index contributed by atoms with van der Waals surface area (Å²) >= 11 is 7.22. The lowest BCUT2D eigenvalue weighted by molar-refractivity contribution is 0.836. The zero-order chi connectivity index (χ0) is 15.6. The molecule has 0 bridgehead atoms. The molecule has 112 valence electrons. The highest BCUT2D eigenvalue weighted by Crippen LogP contribution is 2.36. The molecule has 0 amide bonds. The molecule has 3 aromatic carbocycles. The number of aryl methyl sites for hydroxylation is 2. The van der Waals surface area contributed by atoms with Gasteiger partial charge in [-0.2, -0.15) is 0 Å². The van der Waals surface area contributed by atoms with Gasteiger partial charge in [0.15, 0.2) is 0 Å². The number of hydrogen-bond acceptors (Lipinski definition) is 0. The molecule has 0 saturated carbocycles. The maximum absolute atomic E-state index is 3.61. The van der Waals surface area contributed by atoms with Gasteiger partial charge >= 0.3 is 0 Å². The first kappa shape index (κ1) is 13.8. The van der Waals surface area contributed by atoms with Crippen molar-refractivity contribution in [1.29, 1.82) is 0 Å². The summed E-state index contributed by atoms with van der Waals surface area (Å²) in [7, 11) is 0. The lowest BCUT2D eigenvalue weighted by Gasteiger charge is -2.20. The fraction of sp³-hybridized carbons (Fsp3) is 0.100. The molecule has 1 aliphatic rings. The average molecular weight is 427 g/mol. The smallest absolute Gasteiger partial charge is 0.0541 e. The van der Waals surface area contributed by atoms with Crippen LogP contribution < -0.4 is 0 Å². The molecule has 0 spiro atoms. The number of nitrogens with zero attached hydrogens (tertiary/aromatic N) is 1. The van der Waals surface area contributed by atoms with Crippen molar-refractivity contribution in [2.45, 2.75) is 12.8 Å². The quantitative estimate of drug-likeness (QED) is 0.331. The van der Waals surface area contributed by atoms with E-state index in [-0.39, 0.29) is 0 Å². The van der Waals surface area contributed by atoms with E-state index in [0.29, 0.717) is 0 Å². The minimum atomic E-state index is 1.11. The molecule has 0 unspecified atom stereocenters. The van der Waals surface area contributed by atoms with Crippen molar-refractivity contribution in [1.82, 2.24) is 4.57 Å². The van der Waals surface area contributed by atoms with E-state index in [1.54, 1.807) is 0 Å². The van der Waals surface area contributed by atoms with Crippen LogP contribution in [-0.2, 0) is 12.8 Å². The molecule has 0 radical (unpaired) electrons. The van der Waals surface area contributed by atoms with Crippen LogP contribution in [-0.4, -0.2) is 4.57 Å². The second kappa shape index (κ2) is 4.96. The molecule has 4 aromatic rings. The van der Waals surface area contributed by atoms with Crippen molar-refractivity contribution in [3.8, 4) is 5.69 Å². The molecule has 0 fully saturated rings. The molecule has 5 rings (SSSR count). The van der Waals surface area contributed by atoms with Crippen LogP contribution in [0.15, 0.2) is 63.5 Å². The zero-order valence-corrected chi connectivity index (χ0v) is 15.5. The van der Waals surface area contributed by atoms with Gasteiger partial charge in [-0.1, -0.05) is 37.9 Å². The number of rotatable bonds is 1. The van der Waals surface area contributed by atoms with Crippen LogP contribution in [0, 0.1) is 0 Å². The number of hydrogen-bond donors (Lipinski definition) is 0. The monoisotopic (exact) mass is 425 g/mol. The molecule has 0 atom stereocenters. The van der Waals surface area contributed by atoms with Crippen LogP contribution in [0.5, 0.6) is 0 Å². The molecule has 0 saturated heterocycles. The Labute approximate surface area is 151 Å². The minimum absolute atomic E-state index is 1.11. The van der Waals surface area contributed by atoms with Gasteiger partial charge in [0.2, 0.25) is 0 Å². The normalized spacial score (nSPS) is 13.3. The summed E-state index contributed by atoms with van der Waals surface area (Å²) in [4.78, 5) is 0. The summed E-state index contributed by atoms with van der Waals surface area (Å²) in [6.45, 7) is 0. The highest BCUT2D eigenvalue weighted by Gasteiger charge is 2.17. The first-order chi connectivity index (χ1) is 11.2. The summed E-state index contributed by atoms with van der Waals surface area (Å²) in [6, 6.07) is 19.9. The molecular formula is C20H13Br2N. The van der Waals surface area contributed by atoms with Crippen LogP contribution in [0.3, 0.4) is 0 Å². The highest BCUT2D eigenvalue weighted by molar-refractivity contribution is 9.10. The molecule has 1 aliphatic carbocycles. The fourth-order valence-corrected chi connectivity index (χ4v) is 4.29. The first-order valence-electron chi connectivity index (χ1n) is 7.72. The Balaban J connectivity index is 1.93. The van der Waals surface area contributed by atoms with E-state index in [0.717, 1.165) is 8.95 Å². The summed E-state index contributed by atoms with van der Waals surface area (Å²) in [6.07, 6.45) is 2.43. The zero-order valence-electron chi connectivity index (χ0n) is 12.3.